The lowest BCUT2D eigenvalue weighted by Gasteiger charge is -2.13. The van der Waals surface area contributed by atoms with Gasteiger partial charge in [0.25, 0.3) is 0 Å². The SMILES string of the molecule is OC[C@@H](O)CNCC1Cc2ccccc2O1. The summed E-state index contributed by atoms with van der Waals surface area (Å²) in [5, 5.41) is 20.9. The number of aliphatic hydroxyl groups excluding tert-OH is 2. The first-order chi connectivity index (χ1) is 7.79. The summed E-state index contributed by atoms with van der Waals surface area (Å²) in [5.74, 6) is 0.956. The number of benzene rings is 1. The van der Waals surface area contributed by atoms with E-state index in [1.165, 1.54) is 5.56 Å². The Morgan fingerprint density at radius 3 is 3.00 bits per heavy atom. The molecule has 0 aromatic heterocycles. The van der Waals surface area contributed by atoms with Crippen LogP contribution in [0, 0.1) is 0 Å². The number of nitrogens with one attached hydrogen (secondary N) is 1. The van der Waals surface area contributed by atoms with E-state index in [2.05, 4.69) is 11.4 Å². The molecule has 0 fully saturated rings. The van der Waals surface area contributed by atoms with Crippen LogP contribution >= 0.6 is 0 Å². The van der Waals surface area contributed by atoms with Gasteiger partial charge in [0.15, 0.2) is 0 Å². The molecule has 2 rings (SSSR count). The predicted octanol–water partition coefficient (Wildman–Crippen LogP) is -0.0671. The van der Waals surface area contributed by atoms with Gasteiger partial charge in [-0.05, 0) is 11.6 Å². The Bertz CT molecular complexity index is 318. The maximum absolute atomic E-state index is 9.15. The molecule has 88 valence electrons. The van der Waals surface area contributed by atoms with Crippen molar-refractivity contribution >= 4 is 0 Å². The molecule has 0 bridgehead atoms. The Hall–Kier alpha value is -1.10. The van der Waals surface area contributed by atoms with Crippen molar-refractivity contribution in [1.29, 1.82) is 0 Å². The molecular weight excluding hydrogens is 206 g/mol. The molecule has 0 spiro atoms. The Kier molecular flexibility index (Phi) is 3.77. The lowest BCUT2D eigenvalue weighted by atomic mass is 10.1. The van der Waals surface area contributed by atoms with Crippen molar-refractivity contribution in [3.63, 3.8) is 0 Å². The topological polar surface area (TPSA) is 61.7 Å². The van der Waals surface area contributed by atoms with E-state index in [4.69, 9.17) is 14.9 Å². The van der Waals surface area contributed by atoms with Crippen LogP contribution in [0.3, 0.4) is 0 Å². The van der Waals surface area contributed by atoms with E-state index in [9.17, 15) is 0 Å². The average molecular weight is 223 g/mol. The molecule has 16 heavy (non-hydrogen) atoms. The van der Waals surface area contributed by atoms with Gasteiger partial charge in [-0.15, -0.1) is 0 Å². The summed E-state index contributed by atoms with van der Waals surface area (Å²) < 4.78 is 5.72. The molecule has 4 nitrogen and oxygen atoms in total. The number of hydrogen-bond donors (Lipinski definition) is 3. The zero-order valence-corrected chi connectivity index (χ0v) is 9.10. The molecule has 0 saturated carbocycles. The van der Waals surface area contributed by atoms with E-state index >= 15 is 0 Å². The molecule has 0 amide bonds. The summed E-state index contributed by atoms with van der Waals surface area (Å²) >= 11 is 0. The molecule has 0 saturated heterocycles. The molecular formula is C12H17NO3. The highest BCUT2D eigenvalue weighted by Gasteiger charge is 2.21. The second-order valence-corrected chi connectivity index (χ2v) is 4.05. The van der Waals surface area contributed by atoms with Gasteiger partial charge in [0.1, 0.15) is 11.9 Å². The van der Waals surface area contributed by atoms with E-state index in [-0.39, 0.29) is 12.7 Å². The second-order valence-electron chi connectivity index (χ2n) is 4.05. The summed E-state index contributed by atoms with van der Waals surface area (Å²) in [6.07, 6.45) is 0.338. The van der Waals surface area contributed by atoms with Crippen molar-refractivity contribution < 1.29 is 14.9 Å². The summed E-state index contributed by atoms with van der Waals surface area (Å²) in [6, 6.07) is 8.01. The molecule has 0 aliphatic carbocycles. The Morgan fingerprint density at radius 2 is 2.25 bits per heavy atom. The summed E-state index contributed by atoms with van der Waals surface area (Å²) in [4.78, 5) is 0. The van der Waals surface area contributed by atoms with Gasteiger partial charge in [0.2, 0.25) is 0 Å². The van der Waals surface area contributed by atoms with Crippen LogP contribution in [0.1, 0.15) is 5.56 Å². The molecule has 4 heteroatoms. The Labute approximate surface area is 94.9 Å². The Morgan fingerprint density at radius 1 is 1.44 bits per heavy atom. The molecule has 1 aliphatic rings. The van der Waals surface area contributed by atoms with Crippen molar-refractivity contribution in [2.45, 2.75) is 18.6 Å². The number of hydrogen-bond acceptors (Lipinski definition) is 4. The molecule has 1 aromatic rings. The van der Waals surface area contributed by atoms with Gasteiger partial charge in [-0.1, -0.05) is 18.2 Å². The van der Waals surface area contributed by atoms with Crippen LogP contribution in [0.4, 0.5) is 0 Å². The average Bonchev–Trinajstić information content (AvgIpc) is 2.71. The minimum atomic E-state index is -0.691. The van der Waals surface area contributed by atoms with E-state index in [1.807, 2.05) is 18.2 Å². The minimum Gasteiger partial charge on any atom is -0.488 e. The number of fused-ring (bicyclic) bond motifs is 1. The molecule has 1 aromatic carbocycles. The fraction of sp³-hybridized carbons (Fsp3) is 0.500. The quantitative estimate of drug-likeness (QED) is 0.654. The lowest BCUT2D eigenvalue weighted by Crippen LogP contribution is -2.36. The third-order valence-electron chi connectivity index (χ3n) is 2.68. The second kappa shape index (κ2) is 5.30. The highest BCUT2D eigenvalue weighted by atomic mass is 16.5. The smallest absolute Gasteiger partial charge is 0.123 e. The summed E-state index contributed by atoms with van der Waals surface area (Å²) in [7, 11) is 0. The van der Waals surface area contributed by atoms with E-state index in [1.54, 1.807) is 0 Å². The third-order valence-corrected chi connectivity index (χ3v) is 2.68. The zero-order chi connectivity index (χ0) is 11.4. The highest BCUT2D eigenvalue weighted by Crippen LogP contribution is 2.27. The van der Waals surface area contributed by atoms with Gasteiger partial charge < -0.3 is 20.3 Å². The third kappa shape index (κ3) is 2.72. The van der Waals surface area contributed by atoms with Gasteiger partial charge in [-0.2, -0.15) is 0 Å². The lowest BCUT2D eigenvalue weighted by molar-refractivity contribution is 0.0916. The monoisotopic (exact) mass is 223 g/mol. The van der Waals surface area contributed by atoms with Gasteiger partial charge in [-0.3, -0.25) is 0 Å². The van der Waals surface area contributed by atoms with Crippen molar-refractivity contribution in [2.75, 3.05) is 19.7 Å². The highest BCUT2D eigenvalue weighted by molar-refractivity contribution is 5.37. The van der Waals surface area contributed by atoms with Crippen LogP contribution in [-0.2, 0) is 6.42 Å². The van der Waals surface area contributed by atoms with Crippen molar-refractivity contribution in [3.05, 3.63) is 29.8 Å². The Balaban J connectivity index is 1.75. The van der Waals surface area contributed by atoms with Crippen LogP contribution in [0.2, 0.25) is 0 Å². The maximum atomic E-state index is 9.15. The zero-order valence-electron chi connectivity index (χ0n) is 9.10. The molecule has 0 radical (unpaired) electrons. The minimum absolute atomic E-state index is 0.128. The first-order valence-corrected chi connectivity index (χ1v) is 5.54. The van der Waals surface area contributed by atoms with Crippen molar-refractivity contribution in [2.24, 2.45) is 0 Å². The molecule has 2 atom stereocenters. The fourth-order valence-electron chi connectivity index (χ4n) is 1.84. The molecule has 1 aliphatic heterocycles. The van der Waals surface area contributed by atoms with Crippen LogP contribution in [0.25, 0.3) is 0 Å². The summed E-state index contributed by atoms with van der Waals surface area (Å²) in [5.41, 5.74) is 1.23. The number of rotatable bonds is 5. The van der Waals surface area contributed by atoms with Crippen molar-refractivity contribution in [1.82, 2.24) is 5.32 Å². The van der Waals surface area contributed by atoms with E-state index < -0.39 is 6.10 Å². The first-order valence-electron chi connectivity index (χ1n) is 5.54. The normalized spacial score (nSPS) is 20.2. The van der Waals surface area contributed by atoms with E-state index in [0.717, 1.165) is 12.2 Å². The van der Waals surface area contributed by atoms with Crippen LogP contribution in [-0.4, -0.2) is 42.1 Å². The largest absolute Gasteiger partial charge is 0.488 e. The van der Waals surface area contributed by atoms with Gasteiger partial charge in [0, 0.05) is 19.5 Å². The maximum Gasteiger partial charge on any atom is 0.123 e. The molecule has 3 N–H and O–H groups in total. The van der Waals surface area contributed by atoms with Crippen LogP contribution in [0.5, 0.6) is 5.75 Å². The van der Waals surface area contributed by atoms with Gasteiger partial charge in [0.05, 0.1) is 12.7 Å². The van der Waals surface area contributed by atoms with Gasteiger partial charge >= 0.3 is 0 Å². The van der Waals surface area contributed by atoms with E-state index in [0.29, 0.717) is 13.1 Å². The predicted molar refractivity (Wildman–Crippen MR) is 60.5 cm³/mol. The number of para-hydroxylation sites is 1. The molecule has 1 heterocycles. The standard InChI is InChI=1S/C12H17NO3/c14-8-10(15)6-13-7-11-5-9-3-1-2-4-12(9)16-11/h1-4,10-11,13-15H,5-8H2/t10-,11?/m0/s1. The molecule has 1 unspecified atom stereocenters. The summed E-state index contributed by atoms with van der Waals surface area (Å²) in [6.45, 7) is 0.872. The van der Waals surface area contributed by atoms with Crippen LogP contribution in [0.15, 0.2) is 24.3 Å². The fourth-order valence-corrected chi connectivity index (χ4v) is 1.84. The van der Waals surface area contributed by atoms with Crippen LogP contribution < -0.4 is 10.1 Å². The van der Waals surface area contributed by atoms with Crippen molar-refractivity contribution in [3.8, 4) is 5.75 Å². The first kappa shape index (κ1) is 11.4. The van der Waals surface area contributed by atoms with Gasteiger partial charge in [-0.25, -0.2) is 0 Å². The number of aliphatic hydroxyl groups is 2. The number of ether oxygens (including phenoxy) is 1.